The standard InChI is InChI=1S/C18H16N4O3/c1-10-4-11(2)6-14(5-10)23-9-16-20-21-17(24-16)13-7-15-12(3)22-25-18(15)19-8-13/h4-8H,9H2,1-3H3. The SMILES string of the molecule is Cc1cc(C)cc(OCc2nnc(-c3cnc4onc(C)c4c3)o2)c1. The molecule has 0 bridgehead atoms. The summed E-state index contributed by atoms with van der Waals surface area (Å²) in [6.07, 6.45) is 1.62. The van der Waals surface area contributed by atoms with Gasteiger partial charge in [0.1, 0.15) is 5.75 Å². The first-order chi connectivity index (χ1) is 12.1. The zero-order valence-corrected chi connectivity index (χ0v) is 14.1. The molecule has 0 radical (unpaired) electrons. The van der Waals surface area contributed by atoms with Crippen molar-refractivity contribution < 1.29 is 13.7 Å². The first kappa shape index (κ1) is 15.3. The van der Waals surface area contributed by atoms with Gasteiger partial charge in [0.15, 0.2) is 6.61 Å². The summed E-state index contributed by atoms with van der Waals surface area (Å²) in [5.74, 6) is 1.56. The quantitative estimate of drug-likeness (QED) is 0.560. The van der Waals surface area contributed by atoms with Gasteiger partial charge in [-0.15, -0.1) is 10.2 Å². The van der Waals surface area contributed by atoms with Gasteiger partial charge in [0, 0.05) is 6.20 Å². The van der Waals surface area contributed by atoms with E-state index in [1.54, 1.807) is 6.20 Å². The Labute approximate surface area is 143 Å². The Morgan fingerprint density at radius 1 is 1.00 bits per heavy atom. The number of benzene rings is 1. The molecule has 1 aromatic carbocycles. The third-order valence-corrected chi connectivity index (χ3v) is 3.78. The highest BCUT2D eigenvalue weighted by atomic mass is 16.5. The van der Waals surface area contributed by atoms with Crippen LogP contribution in [0.4, 0.5) is 0 Å². The molecule has 7 heteroatoms. The summed E-state index contributed by atoms with van der Waals surface area (Å²) in [4.78, 5) is 4.21. The molecular weight excluding hydrogens is 320 g/mol. The second kappa shape index (κ2) is 6.01. The second-order valence-corrected chi connectivity index (χ2v) is 5.96. The first-order valence-corrected chi connectivity index (χ1v) is 7.84. The molecule has 25 heavy (non-hydrogen) atoms. The van der Waals surface area contributed by atoms with Crippen LogP contribution in [0.5, 0.6) is 5.75 Å². The maximum Gasteiger partial charge on any atom is 0.257 e. The predicted molar refractivity (Wildman–Crippen MR) is 90.1 cm³/mol. The minimum absolute atomic E-state index is 0.206. The smallest absolute Gasteiger partial charge is 0.257 e. The van der Waals surface area contributed by atoms with Gasteiger partial charge in [0.25, 0.3) is 11.6 Å². The van der Waals surface area contributed by atoms with E-state index in [4.69, 9.17) is 13.7 Å². The second-order valence-electron chi connectivity index (χ2n) is 5.96. The van der Waals surface area contributed by atoms with E-state index in [9.17, 15) is 0 Å². The van der Waals surface area contributed by atoms with Crippen LogP contribution in [-0.2, 0) is 6.61 Å². The van der Waals surface area contributed by atoms with Crippen molar-refractivity contribution in [2.24, 2.45) is 0 Å². The van der Waals surface area contributed by atoms with E-state index in [0.717, 1.165) is 28.0 Å². The summed E-state index contributed by atoms with van der Waals surface area (Å²) in [5, 5.41) is 12.8. The molecule has 3 heterocycles. The summed E-state index contributed by atoms with van der Waals surface area (Å²) in [6.45, 7) is 6.12. The molecule has 4 rings (SSSR count). The van der Waals surface area contributed by atoms with Gasteiger partial charge < -0.3 is 13.7 Å². The zero-order valence-electron chi connectivity index (χ0n) is 14.1. The minimum atomic E-state index is 0.206. The number of hydrogen-bond acceptors (Lipinski definition) is 7. The van der Waals surface area contributed by atoms with Gasteiger partial charge in [-0.05, 0) is 50.1 Å². The number of hydrogen-bond donors (Lipinski definition) is 0. The van der Waals surface area contributed by atoms with Crippen molar-refractivity contribution in [1.82, 2.24) is 20.3 Å². The Hall–Kier alpha value is -3.22. The molecule has 0 atom stereocenters. The number of rotatable bonds is 4. The van der Waals surface area contributed by atoms with Gasteiger partial charge in [0.2, 0.25) is 5.89 Å². The Morgan fingerprint density at radius 3 is 2.60 bits per heavy atom. The van der Waals surface area contributed by atoms with Crippen molar-refractivity contribution >= 4 is 11.1 Å². The van der Waals surface area contributed by atoms with Crippen LogP contribution in [0.1, 0.15) is 22.7 Å². The predicted octanol–water partition coefficient (Wildman–Crippen LogP) is 3.78. The van der Waals surface area contributed by atoms with E-state index in [-0.39, 0.29) is 6.61 Å². The molecular formula is C18H16N4O3. The maximum atomic E-state index is 5.74. The number of nitrogens with zero attached hydrogens (tertiary/aromatic N) is 4. The minimum Gasteiger partial charge on any atom is -0.484 e. The average molecular weight is 336 g/mol. The average Bonchev–Trinajstić information content (AvgIpc) is 3.19. The van der Waals surface area contributed by atoms with Gasteiger partial charge in [0.05, 0.1) is 16.6 Å². The molecule has 0 fully saturated rings. The fraction of sp³-hybridized carbons (Fsp3) is 0.222. The topological polar surface area (TPSA) is 87.1 Å². The van der Waals surface area contributed by atoms with Gasteiger partial charge in [-0.3, -0.25) is 0 Å². The van der Waals surface area contributed by atoms with Gasteiger partial charge in [-0.25, -0.2) is 4.98 Å². The van der Waals surface area contributed by atoms with Crippen LogP contribution < -0.4 is 4.74 Å². The molecule has 0 unspecified atom stereocenters. The molecule has 0 amide bonds. The summed E-state index contributed by atoms with van der Waals surface area (Å²) >= 11 is 0. The lowest BCUT2D eigenvalue weighted by Gasteiger charge is -2.05. The number of aryl methyl sites for hydroxylation is 3. The zero-order chi connectivity index (χ0) is 17.4. The molecule has 3 aromatic heterocycles. The van der Waals surface area contributed by atoms with Crippen molar-refractivity contribution in [1.29, 1.82) is 0 Å². The lowest BCUT2D eigenvalue weighted by atomic mass is 10.1. The van der Waals surface area contributed by atoms with E-state index in [1.165, 1.54) is 0 Å². The van der Waals surface area contributed by atoms with Crippen LogP contribution in [0.2, 0.25) is 0 Å². The Balaban J connectivity index is 1.53. The Morgan fingerprint density at radius 2 is 1.80 bits per heavy atom. The lowest BCUT2D eigenvalue weighted by molar-refractivity contribution is 0.264. The van der Waals surface area contributed by atoms with Crippen molar-refractivity contribution in [3.8, 4) is 17.2 Å². The van der Waals surface area contributed by atoms with E-state index in [1.807, 2.05) is 39.0 Å². The summed E-state index contributed by atoms with van der Waals surface area (Å²) < 4.78 is 16.5. The molecule has 126 valence electrons. The van der Waals surface area contributed by atoms with Gasteiger partial charge in [-0.2, -0.15) is 0 Å². The number of ether oxygens (including phenoxy) is 1. The van der Waals surface area contributed by atoms with Crippen molar-refractivity contribution in [3.05, 3.63) is 53.2 Å². The third-order valence-electron chi connectivity index (χ3n) is 3.78. The van der Waals surface area contributed by atoms with Crippen LogP contribution in [-0.4, -0.2) is 20.3 Å². The fourth-order valence-corrected chi connectivity index (χ4v) is 2.65. The maximum absolute atomic E-state index is 5.74. The van der Waals surface area contributed by atoms with Gasteiger partial charge >= 0.3 is 0 Å². The fourth-order valence-electron chi connectivity index (χ4n) is 2.65. The van der Waals surface area contributed by atoms with Gasteiger partial charge in [-0.1, -0.05) is 11.2 Å². The van der Waals surface area contributed by atoms with Crippen LogP contribution in [0, 0.1) is 20.8 Å². The van der Waals surface area contributed by atoms with E-state index >= 15 is 0 Å². The first-order valence-electron chi connectivity index (χ1n) is 7.84. The van der Waals surface area contributed by atoms with Crippen molar-refractivity contribution in [2.45, 2.75) is 27.4 Å². The largest absolute Gasteiger partial charge is 0.484 e. The monoisotopic (exact) mass is 336 g/mol. The van der Waals surface area contributed by atoms with Crippen LogP contribution in [0.3, 0.4) is 0 Å². The molecule has 0 N–H and O–H groups in total. The van der Waals surface area contributed by atoms with Crippen LogP contribution in [0.15, 0.2) is 39.4 Å². The summed E-state index contributed by atoms with van der Waals surface area (Å²) in [7, 11) is 0. The third kappa shape index (κ3) is 3.08. The summed E-state index contributed by atoms with van der Waals surface area (Å²) in [5.41, 5.74) is 4.25. The number of pyridine rings is 1. The van der Waals surface area contributed by atoms with Crippen molar-refractivity contribution in [3.63, 3.8) is 0 Å². The molecule has 0 saturated carbocycles. The van der Waals surface area contributed by atoms with E-state index in [0.29, 0.717) is 23.1 Å². The molecule has 0 aliphatic rings. The van der Waals surface area contributed by atoms with Crippen LogP contribution >= 0.6 is 0 Å². The number of fused-ring (bicyclic) bond motifs is 1. The molecule has 0 spiro atoms. The normalized spacial score (nSPS) is 11.2. The highest BCUT2D eigenvalue weighted by Crippen LogP contribution is 2.24. The highest BCUT2D eigenvalue weighted by molar-refractivity contribution is 5.79. The molecule has 4 aromatic rings. The van der Waals surface area contributed by atoms with E-state index < -0.39 is 0 Å². The van der Waals surface area contributed by atoms with E-state index in [2.05, 4.69) is 26.4 Å². The number of aromatic nitrogens is 4. The Kier molecular flexibility index (Phi) is 3.68. The Bertz CT molecular complexity index is 1030. The molecule has 7 nitrogen and oxygen atoms in total. The molecule has 0 aliphatic heterocycles. The highest BCUT2D eigenvalue weighted by Gasteiger charge is 2.13. The van der Waals surface area contributed by atoms with Crippen LogP contribution in [0.25, 0.3) is 22.6 Å². The summed E-state index contributed by atoms with van der Waals surface area (Å²) in [6, 6.07) is 7.90. The molecule has 0 saturated heterocycles. The van der Waals surface area contributed by atoms with Crippen molar-refractivity contribution in [2.75, 3.05) is 0 Å². The lowest BCUT2D eigenvalue weighted by Crippen LogP contribution is -1.96. The molecule has 0 aliphatic carbocycles.